The molecule has 14 heavy (non-hydrogen) atoms. The lowest BCUT2D eigenvalue weighted by Gasteiger charge is -2.13. The predicted octanol–water partition coefficient (Wildman–Crippen LogP) is 2.63. The van der Waals surface area contributed by atoms with Crippen LogP contribution in [0.2, 0.25) is 0 Å². The zero-order chi connectivity index (χ0) is 10.3. The average Bonchev–Trinajstić information content (AvgIpc) is 2.45. The molecule has 0 saturated heterocycles. The van der Waals surface area contributed by atoms with Gasteiger partial charge in [-0.1, -0.05) is 0 Å². The fourth-order valence-corrected chi connectivity index (χ4v) is 2.18. The van der Waals surface area contributed by atoms with E-state index in [9.17, 15) is 4.39 Å². The zero-order valence-corrected chi connectivity index (χ0v) is 8.86. The van der Waals surface area contributed by atoms with Gasteiger partial charge in [0, 0.05) is 0 Å². The summed E-state index contributed by atoms with van der Waals surface area (Å²) in [7, 11) is 0. The molecule has 0 atom stereocenters. The number of halogens is 1. The Morgan fingerprint density at radius 2 is 2.14 bits per heavy atom. The van der Waals surface area contributed by atoms with Crippen molar-refractivity contribution >= 4 is 21.6 Å². The van der Waals surface area contributed by atoms with E-state index in [0.717, 1.165) is 15.2 Å². The lowest BCUT2D eigenvalue weighted by atomic mass is 10.1. The van der Waals surface area contributed by atoms with Crippen LogP contribution >= 0.6 is 11.3 Å². The summed E-state index contributed by atoms with van der Waals surface area (Å²) in [5.74, 6) is -0.234. The standard InChI is InChI=1S/C10H11FN2S/c1-10(2,12)9-13-7-4-3-6(11)5-8(7)14-9/h3-5H,12H2,1-2H3. The number of benzene rings is 1. The highest BCUT2D eigenvalue weighted by molar-refractivity contribution is 7.18. The molecule has 1 aromatic heterocycles. The molecule has 0 fully saturated rings. The summed E-state index contributed by atoms with van der Waals surface area (Å²) in [6, 6.07) is 4.58. The number of rotatable bonds is 1. The Labute approximate surface area is 85.6 Å². The van der Waals surface area contributed by atoms with E-state index in [2.05, 4.69) is 4.98 Å². The Bertz CT molecular complexity index is 470. The molecule has 2 nitrogen and oxygen atoms in total. The molecule has 4 heteroatoms. The van der Waals surface area contributed by atoms with Crippen LogP contribution in [0.4, 0.5) is 4.39 Å². The van der Waals surface area contributed by atoms with Gasteiger partial charge in [-0.3, -0.25) is 0 Å². The van der Waals surface area contributed by atoms with Crippen LogP contribution < -0.4 is 5.73 Å². The van der Waals surface area contributed by atoms with Gasteiger partial charge in [0.25, 0.3) is 0 Å². The van der Waals surface area contributed by atoms with Crippen LogP contribution in [-0.2, 0) is 5.54 Å². The van der Waals surface area contributed by atoms with Crippen LogP contribution in [-0.4, -0.2) is 4.98 Å². The van der Waals surface area contributed by atoms with E-state index in [4.69, 9.17) is 5.73 Å². The van der Waals surface area contributed by atoms with E-state index in [1.54, 1.807) is 6.07 Å². The molecule has 1 aromatic carbocycles. The van der Waals surface area contributed by atoms with Gasteiger partial charge in [-0.2, -0.15) is 0 Å². The van der Waals surface area contributed by atoms with Crippen molar-refractivity contribution in [3.05, 3.63) is 29.0 Å². The highest BCUT2D eigenvalue weighted by Crippen LogP contribution is 2.28. The highest BCUT2D eigenvalue weighted by atomic mass is 32.1. The molecule has 1 heterocycles. The SMILES string of the molecule is CC(C)(N)c1nc2ccc(F)cc2s1. The second kappa shape index (κ2) is 3.00. The first-order valence-electron chi connectivity index (χ1n) is 4.32. The molecular weight excluding hydrogens is 199 g/mol. The van der Waals surface area contributed by atoms with Gasteiger partial charge in [-0.15, -0.1) is 11.3 Å². The number of hydrogen-bond donors (Lipinski definition) is 1. The Morgan fingerprint density at radius 3 is 2.79 bits per heavy atom. The first kappa shape index (κ1) is 9.55. The molecule has 0 unspecified atom stereocenters. The third kappa shape index (κ3) is 1.63. The number of nitrogens with zero attached hydrogens (tertiary/aromatic N) is 1. The van der Waals surface area contributed by atoms with Gasteiger partial charge in [-0.25, -0.2) is 9.37 Å². The number of nitrogens with two attached hydrogens (primary N) is 1. The predicted molar refractivity (Wildman–Crippen MR) is 56.8 cm³/mol. The molecule has 0 aliphatic carbocycles. The highest BCUT2D eigenvalue weighted by Gasteiger charge is 2.19. The molecule has 0 spiro atoms. The van der Waals surface area contributed by atoms with E-state index in [1.165, 1.54) is 23.5 Å². The summed E-state index contributed by atoms with van der Waals surface area (Å²) in [5, 5.41) is 0.832. The van der Waals surface area contributed by atoms with Gasteiger partial charge in [0.1, 0.15) is 10.8 Å². The lowest BCUT2D eigenvalue weighted by Crippen LogP contribution is -2.28. The maximum Gasteiger partial charge on any atom is 0.124 e. The van der Waals surface area contributed by atoms with E-state index >= 15 is 0 Å². The first-order chi connectivity index (χ1) is 6.47. The molecule has 0 aliphatic heterocycles. The molecule has 2 rings (SSSR count). The molecule has 0 bridgehead atoms. The van der Waals surface area contributed by atoms with Crippen molar-refractivity contribution in [1.82, 2.24) is 4.98 Å². The zero-order valence-electron chi connectivity index (χ0n) is 8.04. The van der Waals surface area contributed by atoms with Gasteiger partial charge in [0.05, 0.1) is 15.8 Å². The molecular formula is C10H11FN2S. The first-order valence-corrected chi connectivity index (χ1v) is 5.14. The van der Waals surface area contributed by atoms with Crippen LogP contribution in [0.3, 0.4) is 0 Å². The summed E-state index contributed by atoms with van der Waals surface area (Å²) in [5.41, 5.74) is 6.26. The number of thiazole rings is 1. The van der Waals surface area contributed by atoms with Gasteiger partial charge < -0.3 is 5.73 Å². The normalized spacial score (nSPS) is 12.3. The van der Waals surface area contributed by atoms with Crippen molar-refractivity contribution in [3.8, 4) is 0 Å². The second-order valence-electron chi connectivity index (χ2n) is 3.85. The molecule has 74 valence electrons. The summed E-state index contributed by atoms with van der Waals surface area (Å²) in [6.45, 7) is 3.78. The van der Waals surface area contributed by atoms with E-state index in [1.807, 2.05) is 13.8 Å². The minimum atomic E-state index is -0.458. The van der Waals surface area contributed by atoms with Crippen molar-refractivity contribution in [2.75, 3.05) is 0 Å². The Balaban J connectivity index is 2.63. The molecule has 0 aliphatic rings. The third-order valence-electron chi connectivity index (χ3n) is 1.90. The molecule has 0 saturated carbocycles. The third-order valence-corrected chi connectivity index (χ3v) is 3.26. The minimum absolute atomic E-state index is 0.234. The molecule has 0 amide bonds. The molecule has 2 N–H and O–H groups in total. The lowest BCUT2D eigenvalue weighted by molar-refractivity contribution is 0.551. The second-order valence-corrected chi connectivity index (χ2v) is 4.88. The number of hydrogen-bond acceptors (Lipinski definition) is 3. The Morgan fingerprint density at radius 1 is 1.43 bits per heavy atom. The molecule has 0 radical (unpaired) electrons. The topological polar surface area (TPSA) is 38.9 Å². The fourth-order valence-electron chi connectivity index (χ4n) is 1.17. The van der Waals surface area contributed by atoms with Gasteiger partial charge in [0.15, 0.2) is 0 Å². The number of fused-ring (bicyclic) bond motifs is 1. The van der Waals surface area contributed by atoms with Gasteiger partial charge in [-0.05, 0) is 32.0 Å². The van der Waals surface area contributed by atoms with Gasteiger partial charge >= 0.3 is 0 Å². The number of aromatic nitrogens is 1. The van der Waals surface area contributed by atoms with Crippen LogP contribution in [0.25, 0.3) is 10.2 Å². The largest absolute Gasteiger partial charge is 0.320 e. The quantitative estimate of drug-likeness (QED) is 0.785. The van der Waals surface area contributed by atoms with Crippen LogP contribution in [0.15, 0.2) is 18.2 Å². The monoisotopic (exact) mass is 210 g/mol. The molecule has 2 aromatic rings. The Hall–Kier alpha value is -1.000. The fraction of sp³-hybridized carbons (Fsp3) is 0.300. The summed E-state index contributed by atoms with van der Waals surface area (Å²) >= 11 is 1.44. The van der Waals surface area contributed by atoms with Crippen molar-refractivity contribution in [2.24, 2.45) is 5.73 Å². The summed E-state index contributed by atoms with van der Waals surface area (Å²) < 4.78 is 13.7. The maximum atomic E-state index is 12.9. The van der Waals surface area contributed by atoms with Crippen molar-refractivity contribution in [1.29, 1.82) is 0 Å². The van der Waals surface area contributed by atoms with Crippen LogP contribution in [0.5, 0.6) is 0 Å². The van der Waals surface area contributed by atoms with Gasteiger partial charge in [0.2, 0.25) is 0 Å². The maximum absolute atomic E-state index is 12.9. The smallest absolute Gasteiger partial charge is 0.124 e. The van der Waals surface area contributed by atoms with E-state index in [0.29, 0.717) is 0 Å². The Kier molecular flexibility index (Phi) is 2.05. The average molecular weight is 210 g/mol. The van der Waals surface area contributed by atoms with Crippen molar-refractivity contribution in [3.63, 3.8) is 0 Å². The summed E-state index contributed by atoms with van der Waals surface area (Å²) in [6.07, 6.45) is 0. The minimum Gasteiger partial charge on any atom is -0.320 e. The van der Waals surface area contributed by atoms with Crippen LogP contribution in [0, 0.1) is 5.82 Å². The van der Waals surface area contributed by atoms with Crippen LogP contribution in [0.1, 0.15) is 18.9 Å². The van der Waals surface area contributed by atoms with E-state index in [-0.39, 0.29) is 5.82 Å². The van der Waals surface area contributed by atoms with E-state index < -0.39 is 5.54 Å². The van der Waals surface area contributed by atoms with Crippen molar-refractivity contribution in [2.45, 2.75) is 19.4 Å². The van der Waals surface area contributed by atoms with Crippen molar-refractivity contribution < 1.29 is 4.39 Å². The summed E-state index contributed by atoms with van der Waals surface area (Å²) in [4.78, 5) is 4.35.